The second-order valence-electron chi connectivity index (χ2n) is 7.89. The Morgan fingerprint density at radius 3 is 2.80 bits per heavy atom. The maximum Gasteiger partial charge on any atom is 0.225 e. The van der Waals surface area contributed by atoms with Crippen molar-refractivity contribution < 1.29 is 4.79 Å². The van der Waals surface area contributed by atoms with Gasteiger partial charge in [-0.25, -0.2) is 4.68 Å². The van der Waals surface area contributed by atoms with Crippen LogP contribution in [0.3, 0.4) is 0 Å². The zero-order valence-corrected chi connectivity index (χ0v) is 18.9. The number of rotatable bonds is 9. The summed E-state index contributed by atoms with van der Waals surface area (Å²) in [5.74, 6) is 1.21. The molecule has 0 N–H and O–H groups in total. The number of hydrogen-bond donors (Lipinski definition) is 0. The molecule has 0 spiro atoms. The van der Waals surface area contributed by atoms with Crippen LogP contribution in [0, 0.1) is 10.7 Å². The molecule has 2 aromatic heterocycles. The molecule has 0 aromatic carbocycles. The summed E-state index contributed by atoms with van der Waals surface area (Å²) in [7, 11) is 1.93. The van der Waals surface area contributed by atoms with Crippen molar-refractivity contribution in [2.75, 3.05) is 26.7 Å². The third-order valence-electron chi connectivity index (χ3n) is 5.65. The van der Waals surface area contributed by atoms with Crippen molar-refractivity contribution in [3.05, 3.63) is 42.0 Å². The molecule has 1 fully saturated rings. The van der Waals surface area contributed by atoms with Gasteiger partial charge in [0.2, 0.25) is 5.91 Å². The van der Waals surface area contributed by atoms with E-state index in [0.717, 1.165) is 56.7 Å². The van der Waals surface area contributed by atoms with Gasteiger partial charge in [-0.1, -0.05) is 19.4 Å². The van der Waals surface area contributed by atoms with Crippen LogP contribution in [0.15, 0.2) is 37.2 Å². The van der Waals surface area contributed by atoms with E-state index < -0.39 is 0 Å². The zero-order valence-electron chi connectivity index (χ0n) is 18.0. The number of unbranched alkanes of at least 4 members (excludes halogenated alkanes) is 1. The summed E-state index contributed by atoms with van der Waals surface area (Å²) < 4.78 is 4.53. The molecule has 0 bridgehead atoms. The van der Waals surface area contributed by atoms with Gasteiger partial charge < -0.3 is 4.90 Å². The highest BCUT2D eigenvalue weighted by Crippen LogP contribution is 2.21. The maximum absolute atomic E-state index is 12.7. The van der Waals surface area contributed by atoms with Gasteiger partial charge in [-0.15, -0.1) is 6.58 Å². The number of nitrogens with zero attached hydrogens (tertiary/aromatic N) is 6. The van der Waals surface area contributed by atoms with Crippen molar-refractivity contribution in [1.29, 1.82) is 0 Å². The van der Waals surface area contributed by atoms with E-state index in [1.54, 1.807) is 12.4 Å². The average Bonchev–Trinajstić information content (AvgIpc) is 3.08. The standard InChI is InChI=1S/C22H32N6OS/c1-4-6-13-25(3)21(29)18-9-14-26(15-10-18)17-28-22(30)27(12-5-2)20(24-28)19-8-7-11-23-16-19/h5,7-8,11,16,18H,2,4,6,9-10,12-15,17H2,1,3H3. The van der Waals surface area contributed by atoms with E-state index >= 15 is 0 Å². The molecule has 0 saturated carbocycles. The van der Waals surface area contributed by atoms with Crippen LogP contribution >= 0.6 is 12.2 Å². The Bertz CT molecular complexity index is 898. The highest BCUT2D eigenvalue weighted by molar-refractivity contribution is 7.71. The minimum atomic E-state index is 0.125. The van der Waals surface area contributed by atoms with Crippen LogP contribution in [0.25, 0.3) is 11.4 Å². The highest BCUT2D eigenvalue weighted by Gasteiger charge is 2.27. The largest absolute Gasteiger partial charge is 0.346 e. The molecular formula is C22H32N6OS. The molecule has 3 heterocycles. The molecule has 2 aromatic rings. The van der Waals surface area contributed by atoms with Gasteiger partial charge in [0.05, 0.1) is 6.67 Å². The fraction of sp³-hybridized carbons (Fsp3) is 0.545. The lowest BCUT2D eigenvalue weighted by Crippen LogP contribution is -2.42. The van der Waals surface area contributed by atoms with Crippen LogP contribution in [0.4, 0.5) is 0 Å². The lowest BCUT2D eigenvalue weighted by molar-refractivity contribution is -0.135. The first-order valence-corrected chi connectivity index (χ1v) is 11.1. The van der Waals surface area contributed by atoms with E-state index in [-0.39, 0.29) is 11.8 Å². The van der Waals surface area contributed by atoms with Crippen LogP contribution < -0.4 is 0 Å². The Hall–Kier alpha value is -2.32. The van der Waals surface area contributed by atoms with Gasteiger partial charge in [0.25, 0.3) is 0 Å². The van der Waals surface area contributed by atoms with Gasteiger partial charge in [0.15, 0.2) is 10.6 Å². The Balaban J connectivity index is 1.66. The summed E-state index contributed by atoms with van der Waals surface area (Å²) in [6, 6.07) is 3.88. The molecule has 1 saturated heterocycles. The number of carbonyl (C=O) groups is 1. The van der Waals surface area contributed by atoms with Gasteiger partial charge in [0.1, 0.15) is 0 Å². The lowest BCUT2D eigenvalue weighted by atomic mass is 9.95. The average molecular weight is 429 g/mol. The summed E-state index contributed by atoms with van der Waals surface area (Å²) in [6.07, 6.45) is 9.30. The number of piperidine rings is 1. The molecule has 3 rings (SSSR count). The SMILES string of the molecule is C=CCn1c(-c2cccnc2)nn(CN2CCC(C(=O)N(C)CCCC)CC2)c1=S. The third kappa shape index (κ3) is 5.23. The van der Waals surface area contributed by atoms with Crippen molar-refractivity contribution in [3.63, 3.8) is 0 Å². The summed E-state index contributed by atoms with van der Waals surface area (Å²) in [4.78, 5) is 21.1. The fourth-order valence-corrected chi connectivity index (χ4v) is 4.12. The molecule has 0 unspecified atom stereocenters. The van der Waals surface area contributed by atoms with E-state index in [0.29, 0.717) is 18.0 Å². The molecule has 162 valence electrons. The number of aromatic nitrogens is 4. The second kappa shape index (κ2) is 10.6. The quantitative estimate of drug-likeness (QED) is 0.451. The molecule has 0 atom stereocenters. The van der Waals surface area contributed by atoms with Gasteiger partial charge >= 0.3 is 0 Å². The highest BCUT2D eigenvalue weighted by atomic mass is 32.1. The molecule has 7 nitrogen and oxygen atoms in total. The smallest absolute Gasteiger partial charge is 0.225 e. The molecule has 30 heavy (non-hydrogen) atoms. The number of carbonyl (C=O) groups excluding carboxylic acids is 1. The molecule has 0 radical (unpaired) electrons. The van der Waals surface area contributed by atoms with Crippen molar-refractivity contribution >= 4 is 18.1 Å². The molecule has 0 aliphatic carbocycles. The third-order valence-corrected chi connectivity index (χ3v) is 6.08. The van der Waals surface area contributed by atoms with Crippen LogP contribution in [-0.2, 0) is 18.0 Å². The predicted molar refractivity (Wildman–Crippen MR) is 121 cm³/mol. The zero-order chi connectivity index (χ0) is 21.5. The normalized spacial score (nSPS) is 15.3. The molecule has 1 aliphatic rings. The molecule has 1 amide bonds. The number of allylic oxidation sites excluding steroid dienone is 1. The first kappa shape index (κ1) is 22.4. The van der Waals surface area contributed by atoms with E-state index in [9.17, 15) is 4.79 Å². The molecule has 8 heteroatoms. The van der Waals surface area contributed by atoms with Crippen LogP contribution in [0.5, 0.6) is 0 Å². The molecular weight excluding hydrogens is 396 g/mol. The number of amides is 1. The monoisotopic (exact) mass is 428 g/mol. The number of pyridine rings is 1. The minimum absolute atomic E-state index is 0.125. The Morgan fingerprint density at radius 1 is 1.40 bits per heavy atom. The predicted octanol–water partition coefficient (Wildman–Crippen LogP) is 3.59. The number of likely N-dealkylation sites (tertiary alicyclic amines) is 1. The summed E-state index contributed by atoms with van der Waals surface area (Å²) in [5.41, 5.74) is 0.934. The van der Waals surface area contributed by atoms with E-state index in [1.165, 1.54) is 0 Å². The minimum Gasteiger partial charge on any atom is -0.346 e. The summed E-state index contributed by atoms with van der Waals surface area (Å²) >= 11 is 5.69. The van der Waals surface area contributed by atoms with Gasteiger partial charge in [-0.2, -0.15) is 5.10 Å². The van der Waals surface area contributed by atoms with Crippen molar-refractivity contribution in [2.24, 2.45) is 5.92 Å². The van der Waals surface area contributed by atoms with Gasteiger partial charge in [-0.05, 0) is 43.6 Å². The first-order chi connectivity index (χ1) is 14.5. The van der Waals surface area contributed by atoms with E-state index in [1.807, 2.05) is 39.4 Å². The summed E-state index contributed by atoms with van der Waals surface area (Å²) in [6.45, 7) is 9.82. The fourth-order valence-electron chi connectivity index (χ4n) is 3.86. The Labute approximate surface area is 184 Å². The Morgan fingerprint density at radius 2 is 2.17 bits per heavy atom. The number of hydrogen-bond acceptors (Lipinski definition) is 5. The second-order valence-corrected chi connectivity index (χ2v) is 8.26. The van der Waals surface area contributed by atoms with E-state index in [4.69, 9.17) is 17.3 Å². The lowest BCUT2D eigenvalue weighted by Gasteiger charge is -2.32. The Kier molecular flexibility index (Phi) is 7.93. The van der Waals surface area contributed by atoms with E-state index in [2.05, 4.69) is 23.4 Å². The van der Waals surface area contributed by atoms with Crippen molar-refractivity contribution in [1.82, 2.24) is 29.1 Å². The van der Waals surface area contributed by atoms with Crippen molar-refractivity contribution in [3.8, 4) is 11.4 Å². The van der Waals surface area contributed by atoms with Crippen LogP contribution in [0.2, 0.25) is 0 Å². The van der Waals surface area contributed by atoms with Gasteiger partial charge in [-0.3, -0.25) is 19.2 Å². The van der Waals surface area contributed by atoms with Crippen LogP contribution in [0.1, 0.15) is 32.6 Å². The van der Waals surface area contributed by atoms with Crippen molar-refractivity contribution in [2.45, 2.75) is 45.8 Å². The first-order valence-electron chi connectivity index (χ1n) is 10.7. The van der Waals surface area contributed by atoms with Crippen LogP contribution in [-0.4, -0.2) is 61.7 Å². The van der Waals surface area contributed by atoms with Gasteiger partial charge in [0, 0.05) is 57.1 Å². The topological polar surface area (TPSA) is 59.2 Å². The maximum atomic E-state index is 12.7. The summed E-state index contributed by atoms with van der Waals surface area (Å²) in [5, 5.41) is 4.78. The molecule has 1 aliphatic heterocycles.